The molecule has 2 heterocycles. The summed E-state index contributed by atoms with van der Waals surface area (Å²) >= 11 is 0. The minimum atomic E-state index is -1.22. The van der Waals surface area contributed by atoms with Crippen molar-refractivity contribution in [1.29, 1.82) is 0 Å². The molecule has 4 atom stereocenters. The fourth-order valence-electron chi connectivity index (χ4n) is 6.14. The van der Waals surface area contributed by atoms with Crippen LogP contribution < -0.4 is 5.32 Å². The van der Waals surface area contributed by atoms with E-state index in [1.807, 2.05) is 37.3 Å². The van der Waals surface area contributed by atoms with Crippen molar-refractivity contribution in [3.63, 3.8) is 0 Å². The van der Waals surface area contributed by atoms with Gasteiger partial charge >= 0.3 is 5.97 Å². The van der Waals surface area contributed by atoms with Crippen LogP contribution in [0.5, 0.6) is 0 Å². The van der Waals surface area contributed by atoms with Gasteiger partial charge in [-0.3, -0.25) is 24.2 Å². The number of nitrogens with zero attached hydrogens (tertiary/aromatic N) is 2. The minimum absolute atomic E-state index is 0.00269. The lowest BCUT2D eigenvalue weighted by Crippen LogP contribution is -2.59. The Morgan fingerprint density at radius 1 is 1.08 bits per heavy atom. The van der Waals surface area contributed by atoms with Gasteiger partial charge in [-0.2, -0.15) is 0 Å². The van der Waals surface area contributed by atoms with Crippen LogP contribution in [-0.2, 0) is 30.4 Å². The zero-order chi connectivity index (χ0) is 28.1. The van der Waals surface area contributed by atoms with Gasteiger partial charge < -0.3 is 14.8 Å². The summed E-state index contributed by atoms with van der Waals surface area (Å²) in [6, 6.07) is 9.87. The maximum absolute atomic E-state index is 13.3. The second-order valence-corrected chi connectivity index (χ2v) is 12.4. The van der Waals surface area contributed by atoms with Crippen LogP contribution in [0.2, 0.25) is 0 Å². The summed E-state index contributed by atoms with van der Waals surface area (Å²) in [5.74, 6) is -0.326. The molecule has 3 rings (SSSR count). The molecule has 2 aliphatic heterocycles. The second kappa shape index (κ2) is 12.7. The summed E-state index contributed by atoms with van der Waals surface area (Å²) in [5.41, 5.74) is -0.609. The number of ketones is 1. The number of ether oxygens (including phenoxy) is 2. The van der Waals surface area contributed by atoms with Gasteiger partial charge in [0.25, 0.3) is 0 Å². The summed E-state index contributed by atoms with van der Waals surface area (Å²) in [4.78, 5) is 43.3. The van der Waals surface area contributed by atoms with Crippen molar-refractivity contribution < 1.29 is 23.9 Å². The summed E-state index contributed by atoms with van der Waals surface area (Å²) in [5, 5.41) is 2.99. The van der Waals surface area contributed by atoms with E-state index < -0.39 is 17.0 Å². The number of likely N-dealkylation sites (tertiary alicyclic amines) is 1. The molecule has 1 unspecified atom stereocenters. The average molecular weight is 530 g/mol. The van der Waals surface area contributed by atoms with Crippen LogP contribution in [0.25, 0.3) is 0 Å². The number of carbonyl (C=O) groups excluding carboxylic acids is 3. The number of likely N-dealkylation sites (N-methyl/N-ethyl adjacent to an activating group) is 1. The van der Waals surface area contributed by atoms with Crippen molar-refractivity contribution >= 4 is 17.7 Å². The molecule has 38 heavy (non-hydrogen) atoms. The summed E-state index contributed by atoms with van der Waals surface area (Å²) in [6.45, 7) is 12.9. The lowest BCUT2D eigenvalue weighted by Gasteiger charge is -2.46. The first kappa shape index (κ1) is 30.3. The van der Waals surface area contributed by atoms with Crippen LogP contribution in [0.4, 0.5) is 0 Å². The molecule has 1 amide bonds. The molecule has 2 saturated heterocycles. The van der Waals surface area contributed by atoms with Gasteiger partial charge in [0.15, 0.2) is 5.78 Å². The van der Waals surface area contributed by atoms with Crippen molar-refractivity contribution in [3.05, 3.63) is 35.9 Å². The fourth-order valence-corrected chi connectivity index (χ4v) is 6.14. The van der Waals surface area contributed by atoms with Crippen molar-refractivity contribution in [2.24, 2.45) is 23.2 Å². The van der Waals surface area contributed by atoms with Gasteiger partial charge in [0, 0.05) is 51.2 Å². The van der Waals surface area contributed by atoms with Crippen LogP contribution in [-0.4, -0.2) is 86.0 Å². The Bertz CT molecular complexity index is 962. The highest BCUT2D eigenvalue weighted by atomic mass is 16.5. The van der Waals surface area contributed by atoms with Crippen LogP contribution in [0.15, 0.2) is 30.3 Å². The molecular formula is C30H47N3O5. The highest BCUT2D eigenvalue weighted by Crippen LogP contribution is 2.34. The molecule has 1 aromatic rings. The number of cyclic esters (lactones) is 1. The molecule has 2 aliphatic rings. The molecule has 212 valence electrons. The minimum Gasteiger partial charge on any atom is -0.463 e. The third kappa shape index (κ3) is 7.64. The SMILES string of the molecule is CO[C@]1(C)C[C@@H](C)CN(C)C(C2CN(CC(=O)NCc3ccccc3)C2)COC(=O)C(C)(C)C(=O)[C@H](C)C1. The van der Waals surface area contributed by atoms with E-state index in [0.717, 1.165) is 31.6 Å². The molecule has 8 heteroatoms. The largest absolute Gasteiger partial charge is 0.463 e. The number of esters is 1. The maximum Gasteiger partial charge on any atom is 0.319 e. The van der Waals surface area contributed by atoms with Crippen molar-refractivity contribution in [2.75, 3.05) is 46.9 Å². The zero-order valence-electron chi connectivity index (χ0n) is 24.3. The van der Waals surface area contributed by atoms with Gasteiger partial charge in [-0.05, 0) is 52.1 Å². The van der Waals surface area contributed by atoms with E-state index in [0.29, 0.717) is 25.4 Å². The van der Waals surface area contributed by atoms with Gasteiger partial charge in [-0.1, -0.05) is 44.2 Å². The molecule has 1 N–H and O–H groups in total. The van der Waals surface area contributed by atoms with E-state index in [-0.39, 0.29) is 36.2 Å². The zero-order valence-corrected chi connectivity index (χ0v) is 24.3. The van der Waals surface area contributed by atoms with E-state index in [1.165, 1.54) is 0 Å². The first-order chi connectivity index (χ1) is 17.8. The fraction of sp³-hybridized carbons (Fsp3) is 0.700. The summed E-state index contributed by atoms with van der Waals surface area (Å²) in [7, 11) is 3.78. The van der Waals surface area contributed by atoms with Crippen LogP contribution in [0, 0.1) is 23.2 Å². The molecule has 0 spiro atoms. The third-order valence-electron chi connectivity index (χ3n) is 8.37. The number of hydrogen-bond acceptors (Lipinski definition) is 7. The normalized spacial score (nSPS) is 30.3. The number of carbonyl (C=O) groups is 3. The molecule has 8 nitrogen and oxygen atoms in total. The van der Waals surface area contributed by atoms with Crippen LogP contribution in [0.3, 0.4) is 0 Å². The lowest BCUT2D eigenvalue weighted by atomic mass is 9.76. The Kier molecular flexibility index (Phi) is 10.1. The lowest BCUT2D eigenvalue weighted by molar-refractivity contribution is -0.162. The highest BCUT2D eigenvalue weighted by molar-refractivity contribution is 6.03. The maximum atomic E-state index is 13.3. The van der Waals surface area contributed by atoms with Gasteiger partial charge in [-0.15, -0.1) is 0 Å². The monoisotopic (exact) mass is 529 g/mol. The number of benzene rings is 1. The van der Waals surface area contributed by atoms with Crippen molar-refractivity contribution in [3.8, 4) is 0 Å². The molecular weight excluding hydrogens is 482 g/mol. The molecule has 0 aromatic heterocycles. The molecule has 0 saturated carbocycles. The van der Waals surface area contributed by atoms with Crippen LogP contribution in [0.1, 0.15) is 53.0 Å². The standard InChI is InChI=1S/C30H47N3O5/c1-21-13-30(5,37-7)14-22(2)27(35)29(3,4)28(36)38-20-25(32(6)16-21)24-17-33(18-24)19-26(34)31-15-23-11-9-8-10-12-23/h8-12,21-22,24-25H,13-20H2,1-7H3,(H,31,34)/t21-,22-,25?,30-/m1/s1. The van der Waals surface area contributed by atoms with Gasteiger partial charge in [-0.25, -0.2) is 0 Å². The first-order valence-electron chi connectivity index (χ1n) is 13.8. The van der Waals surface area contributed by atoms with Gasteiger partial charge in [0.1, 0.15) is 12.0 Å². The van der Waals surface area contributed by atoms with E-state index in [4.69, 9.17) is 9.47 Å². The smallest absolute Gasteiger partial charge is 0.319 e. The summed E-state index contributed by atoms with van der Waals surface area (Å²) in [6.07, 6.45) is 1.37. The van der Waals surface area contributed by atoms with Gasteiger partial charge in [0.05, 0.1) is 12.1 Å². The van der Waals surface area contributed by atoms with E-state index in [2.05, 4.69) is 36.0 Å². The Morgan fingerprint density at radius 3 is 2.37 bits per heavy atom. The van der Waals surface area contributed by atoms with Crippen molar-refractivity contribution in [2.45, 2.75) is 65.6 Å². The molecule has 0 aliphatic carbocycles. The Hall–Kier alpha value is -2.29. The number of rotatable bonds is 6. The first-order valence-corrected chi connectivity index (χ1v) is 13.8. The van der Waals surface area contributed by atoms with E-state index in [1.54, 1.807) is 21.0 Å². The second-order valence-electron chi connectivity index (χ2n) is 12.4. The number of amides is 1. The number of nitrogens with one attached hydrogen (secondary N) is 1. The predicted molar refractivity (Wildman–Crippen MR) is 147 cm³/mol. The highest BCUT2D eigenvalue weighted by Gasteiger charge is 2.44. The number of hydrogen-bond donors (Lipinski definition) is 1. The predicted octanol–water partition coefficient (Wildman–Crippen LogP) is 3.14. The molecule has 0 bridgehead atoms. The molecule has 1 aromatic carbocycles. The summed E-state index contributed by atoms with van der Waals surface area (Å²) < 4.78 is 11.7. The quantitative estimate of drug-likeness (QED) is 0.447. The molecule has 0 radical (unpaired) electrons. The number of Topliss-reactive ketones (excluding diaryl/α,β-unsaturated/α-hetero) is 1. The van der Waals surface area contributed by atoms with E-state index >= 15 is 0 Å². The Balaban J connectivity index is 1.65. The van der Waals surface area contributed by atoms with Crippen LogP contribution >= 0.6 is 0 Å². The average Bonchev–Trinajstić information content (AvgIpc) is 2.85. The number of methoxy groups -OCH3 is 1. The van der Waals surface area contributed by atoms with Gasteiger partial charge in [0.2, 0.25) is 5.91 Å². The Morgan fingerprint density at radius 2 is 1.74 bits per heavy atom. The molecule has 2 fully saturated rings. The van der Waals surface area contributed by atoms with Crippen molar-refractivity contribution in [1.82, 2.24) is 15.1 Å². The van der Waals surface area contributed by atoms with E-state index in [9.17, 15) is 14.4 Å². The Labute approximate surface area is 228 Å². The third-order valence-corrected chi connectivity index (χ3v) is 8.37. The topological polar surface area (TPSA) is 88.2 Å².